The minimum atomic E-state index is -3.53. The molecule has 1 amide bonds. The van der Waals surface area contributed by atoms with Crippen LogP contribution in [0.25, 0.3) is 10.2 Å². The molecule has 176 valence electrons. The second kappa shape index (κ2) is 9.75. The predicted molar refractivity (Wildman–Crippen MR) is 125 cm³/mol. The van der Waals surface area contributed by atoms with E-state index in [1.165, 1.54) is 34.1 Å². The highest BCUT2D eigenvalue weighted by molar-refractivity contribution is 7.91. The molecule has 33 heavy (non-hydrogen) atoms. The normalized spacial score (nSPS) is 16.2. The number of thiazole rings is 1. The van der Waals surface area contributed by atoms with E-state index in [0.29, 0.717) is 27.6 Å². The number of esters is 1. The first kappa shape index (κ1) is 23.6. The smallest absolute Gasteiger partial charge is 0.325 e. The number of ether oxygens (including phenoxy) is 2. The number of thiophene rings is 1. The number of fused-ring (bicyclic) bond motifs is 1. The van der Waals surface area contributed by atoms with Gasteiger partial charge in [-0.15, -0.1) is 11.3 Å². The van der Waals surface area contributed by atoms with E-state index in [0.717, 1.165) is 10.2 Å². The van der Waals surface area contributed by atoms with Gasteiger partial charge in [0.1, 0.15) is 16.5 Å². The summed E-state index contributed by atoms with van der Waals surface area (Å²) >= 11 is 2.47. The van der Waals surface area contributed by atoms with Gasteiger partial charge in [0.15, 0.2) is 4.80 Å². The van der Waals surface area contributed by atoms with Crippen LogP contribution in [0.5, 0.6) is 5.75 Å². The summed E-state index contributed by atoms with van der Waals surface area (Å²) in [6.07, 6.45) is 0.783. The van der Waals surface area contributed by atoms with E-state index in [9.17, 15) is 18.0 Å². The molecule has 1 saturated heterocycles. The first-order valence-corrected chi connectivity index (χ1v) is 13.3. The van der Waals surface area contributed by atoms with Crippen molar-refractivity contribution in [1.82, 2.24) is 8.87 Å². The summed E-state index contributed by atoms with van der Waals surface area (Å²) in [5.74, 6) is -0.496. The highest BCUT2D eigenvalue weighted by Gasteiger charge is 2.32. The van der Waals surface area contributed by atoms with Crippen molar-refractivity contribution in [3.05, 3.63) is 40.5 Å². The minimum absolute atomic E-state index is 0.0769. The highest BCUT2D eigenvalue weighted by Crippen LogP contribution is 2.27. The van der Waals surface area contributed by atoms with Crippen LogP contribution in [0.2, 0.25) is 0 Å². The van der Waals surface area contributed by atoms with Crippen LogP contribution in [-0.2, 0) is 30.9 Å². The van der Waals surface area contributed by atoms with Crippen molar-refractivity contribution in [2.45, 2.75) is 23.6 Å². The number of hydrogen-bond acceptors (Lipinski definition) is 8. The Hall–Kier alpha value is -2.54. The molecule has 3 heterocycles. The molecule has 0 bridgehead atoms. The van der Waals surface area contributed by atoms with E-state index in [1.807, 2.05) is 12.1 Å². The third-order valence-electron chi connectivity index (χ3n) is 5.50. The maximum atomic E-state index is 13.0. The largest absolute Gasteiger partial charge is 0.497 e. The quantitative estimate of drug-likeness (QED) is 0.473. The van der Waals surface area contributed by atoms with Crippen LogP contribution >= 0.6 is 22.7 Å². The Morgan fingerprint density at radius 3 is 2.58 bits per heavy atom. The van der Waals surface area contributed by atoms with Crippen molar-refractivity contribution in [3.63, 3.8) is 0 Å². The van der Waals surface area contributed by atoms with Gasteiger partial charge in [-0.25, -0.2) is 8.42 Å². The van der Waals surface area contributed by atoms with Gasteiger partial charge in [0.25, 0.3) is 15.9 Å². The van der Waals surface area contributed by atoms with Crippen molar-refractivity contribution < 1.29 is 27.5 Å². The Balaban J connectivity index is 1.57. The van der Waals surface area contributed by atoms with Crippen LogP contribution in [-0.4, -0.2) is 56.5 Å². The van der Waals surface area contributed by atoms with Crippen molar-refractivity contribution in [1.29, 1.82) is 0 Å². The molecular weight excluding hydrogens is 486 g/mol. The number of sulfonamides is 1. The molecule has 0 saturated carbocycles. The fraction of sp³-hybridized carbons (Fsp3) is 0.381. The number of amides is 1. The van der Waals surface area contributed by atoms with Crippen LogP contribution in [0.1, 0.15) is 12.8 Å². The number of carbonyl (C=O) groups is 2. The van der Waals surface area contributed by atoms with Crippen LogP contribution in [0.4, 0.5) is 0 Å². The molecule has 12 heteroatoms. The number of aromatic nitrogens is 1. The van der Waals surface area contributed by atoms with E-state index >= 15 is 0 Å². The molecule has 0 unspecified atom stereocenters. The summed E-state index contributed by atoms with van der Waals surface area (Å²) < 4.78 is 39.7. The lowest BCUT2D eigenvalue weighted by Crippen LogP contribution is -2.40. The molecule has 0 aliphatic carbocycles. The number of hydrogen-bond donors (Lipinski definition) is 0. The summed E-state index contributed by atoms with van der Waals surface area (Å²) in [6.45, 7) is 0.447. The van der Waals surface area contributed by atoms with Crippen LogP contribution in [0.3, 0.4) is 0 Å². The van der Waals surface area contributed by atoms with Gasteiger partial charge in [0.05, 0.1) is 24.4 Å². The Morgan fingerprint density at radius 1 is 1.18 bits per heavy atom. The second-order valence-corrected chi connectivity index (χ2v) is 11.6. The van der Waals surface area contributed by atoms with Crippen molar-refractivity contribution in [3.8, 4) is 5.75 Å². The Morgan fingerprint density at radius 2 is 1.94 bits per heavy atom. The molecule has 4 rings (SSSR count). The van der Waals surface area contributed by atoms with Gasteiger partial charge < -0.3 is 14.0 Å². The third kappa shape index (κ3) is 4.88. The molecule has 3 aromatic rings. The van der Waals surface area contributed by atoms with Crippen molar-refractivity contribution >= 4 is 54.8 Å². The van der Waals surface area contributed by atoms with Crippen LogP contribution in [0, 0.1) is 5.92 Å². The van der Waals surface area contributed by atoms with Crippen molar-refractivity contribution in [2.24, 2.45) is 10.9 Å². The summed E-state index contributed by atoms with van der Waals surface area (Å²) in [5.41, 5.74) is 0.745. The van der Waals surface area contributed by atoms with Crippen LogP contribution in [0.15, 0.2) is 44.9 Å². The van der Waals surface area contributed by atoms with Gasteiger partial charge in [0.2, 0.25) is 0 Å². The number of nitrogens with zero attached hydrogens (tertiary/aromatic N) is 3. The predicted octanol–water partition coefficient (Wildman–Crippen LogP) is 2.47. The minimum Gasteiger partial charge on any atom is -0.497 e. The molecule has 1 fully saturated rings. The number of benzene rings is 1. The Labute approximate surface area is 198 Å². The Bertz CT molecular complexity index is 1330. The van der Waals surface area contributed by atoms with Gasteiger partial charge in [0, 0.05) is 19.0 Å². The van der Waals surface area contributed by atoms with Crippen LogP contribution < -0.4 is 9.54 Å². The van der Waals surface area contributed by atoms with Gasteiger partial charge in [-0.2, -0.15) is 9.30 Å². The zero-order valence-electron chi connectivity index (χ0n) is 18.1. The van der Waals surface area contributed by atoms with Gasteiger partial charge in [-0.1, -0.05) is 17.4 Å². The number of rotatable bonds is 6. The molecule has 0 atom stereocenters. The van der Waals surface area contributed by atoms with Gasteiger partial charge >= 0.3 is 5.97 Å². The monoisotopic (exact) mass is 509 g/mol. The molecular formula is C21H23N3O6S3. The molecule has 2 aromatic heterocycles. The fourth-order valence-corrected chi connectivity index (χ4v) is 7.36. The third-order valence-corrected chi connectivity index (χ3v) is 9.82. The molecule has 1 aliphatic rings. The first-order chi connectivity index (χ1) is 15.8. The topological polar surface area (TPSA) is 107 Å². The van der Waals surface area contributed by atoms with E-state index in [2.05, 4.69) is 4.99 Å². The second-order valence-electron chi connectivity index (χ2n) is 7.44. The van der Waals surface area contributed by atoms with E-state index in [1.54, 1.807) is 35.3 Å². The van der Waals surface area contributed by atoms with E-state index in [4.69, 9.17) is 9.47 Å². The molecule has 1 aromatic carbocycles. The number of piperidine rings is 1. The molecule has 1 aliphatic heterocycles. The zero-order chi connectivity index (χ0) is 23.6. The van der Waals surface area contributed by atoms with E-state index < -0.39 is 16.0 Å². The maximum Gasteiger partial charge on any atom is 0.325 e. The van der Waals surface area contributed by atoms with Gasteiger partial charge in [-0.05, 0) is 42.5 Å². The lowest BCUT2D eigenvalue weighted by Gasteiger charge is -2.29. The average Bonchev–Trinajstić information content (AvgIpc) is 3.48. The maximum absolute atomic E-state index is 13.0. The standard InChI is InChI=1S/C21H23N3O6S3/c1-29-15-5-6-16-17(12-15)32-21(24(16)13-18(25)30-2)22-20(26)14-7-9-23(10-8-14)33(27,28)19-4-3-11-31-19/h3-6,11-12,14H,7-10,13H2,1-2H3. The molecule has 0 radical (unpaired) electrons. The number of carbonyl (C=O) groups excluding carboxylic acids is 2. The lowest BCUT2D eigenvalue weighted by atomic mass is 9.98. The Kier molecular flexibility index (Phi) is 6.98. The zero-order valence-corrected chi connectivity index (χ0v) is 20.5. The van der Waals surface area contributed by atoms with Crippen molar-refractivity contribution in [2.75, 3.05) is 27.3 Å². The molecule has 0 N–H and O–H groups in total. The highest BCUT2D eigenvalue weighted by atomic mass is 32.2. The summed E-state index contributed by atoms with van der Waals surface area (Å²) in [6, 6.07) is 8.70. The lowest BCUT2D eigenvalue weighted by molar-refractivity contribution is -0.141. The molecule has 9 nitrogen and oxygen atoms in total. The summed E-state index contributed by atoms with van der Waals surface area (Å²) in [7, 11) is -0.657. The van der Waals surface area contributed by atoms with Gasteiger partial charge in [-0.3, -0.25) is 9.59 Å². The average molecular weight is 510 g/mol. The fourth-order valence-electron chi connectivity index (χ4n) is 3.68. The number of methoxy groups -OCH3 is 2. The van der Waals surface area contributed by atoms with E-state index in [-0.39, 0.29) is 31.5 Å². The summed E-state index contributed by atoms with van der Waals surface area (Å²) in [4.78, 5) is 29.7. The first-order valence-electron chi connectivity index (χ1n) is 10.2. The summed E-state index contributed by atoms with van der Waals surface area (Å²) in [5, 5.41) is 1.73. The molecule has 0 spiro atoms. The SMILES string of the molecule is COC(=O)Cn1c(=NC(=O)C2CCN(S(=O)(=O)c3cccs3)CC2)sc2cc(OC)ccc21.